The van der Waals surface area contributed by atoms with Gasteiger partial charge >= 0.3 is 0 Å². The molecule has 1 saturated carbocycles. The number of benzene rings is 1. The van der Waals surface area contributed by atoms with E-state index in [4.69, 9.17) is 4.74 Å². The summed E-state index contributed by atoms with van der Waals surface area (Å²) >= 11 is 1.68. The first-order chi connectivity index (χ1) is 13.2. The van der Waals surface area contributed by atoms with Crippen LogP contribution in [0.4, 0.5) is 0 Å². The van der Waals surface area contributed by atoms with Crippen LogP contribution in [0.3, 0.4) is 0 Å². The van der Waals surface area contributed by atoms with Gasteiger partial charge in [0.1, 0.15) is 11.8 Å². The largest absolute Gasteiger partial charge is 0.497 e. The summed E-state index contributed by atoms with van der Waals surface area (Å²) in [5.41, 5.74) is 2.57. The van der Waals surface area contributed by atoms with E-state index in [2.05, 4.69) is 17.4 Å². The molecule has 1 saturated heterocycles. The number of fused-ring (bicyclic) bond motifs is 1. The highest BCUT2D eigenvalue weighted by molar-refractivity contribution is 7.99. The van der Waals surface area contributed by atoms with E-state index in [1.54, 1.807) is 23.8 Å². The van der Waals surface area contributed by atoms with Crippen LogP contribution in [-0.2, 0) is 16.0 Å². The maximum atomic E-state index is 13.0. The van der Waals surface area contributed by atoms with Gasteiger partial charge in [-0.2, -0.15) is 0 Å². The van der Waals surface area contributed by atoms with Gasteiger partial charge in [-0.3, -0.25) is 9.59 Å². The maximum Gasteiger partial charge on any atom is 0.243 e. The maximum absolute atomic E-state index is 13.0. The Morgan fingerprint density at radius 1 is 1.30 bits per heavy atom. The molecule has 2 aliphatic carbocycles. The van der Waals surface area contributed by atoms with Crippen molar-refractivity contribution < 1.29 is 14.3 Å². The number of ether oxygens (including phenoxy) is 1. The fourth-order valence-corrected chi connectivity index (χ4v) is 5.33. The molecular weight excluding hydrogens is 360 g/mol. The quantitative estimate of drug-likeness (QED) is 0.814. The first-order valence-electron chi connectivity index (χ1n) is 9.97. The number of hydrogen-bond acceptors (Lipinski definition) is 4. The number of rotatable bonds is 6. The molecule has 2 fully saturated rings. The Hall–Kier alpha value is -1.69. The van der Waals surface area contributed by atoms with Crippen molar-refractivity contribution in [2.45, 2.75) is 50.5 Å². The van der Waals surface area contributed by atoms with Crippen LogP contribution in [0.15, 0.2) is 18.2 Å². The summed E-state index contributed by atoms with van der Waals surface area (Å²) in [6.45, 7) is 0.764. The SMILES string of the molecule is COc1ccc2c(c1)CCC[C@H]2CC(=O)N1CSC[C@@H]1C(=O)NCC1CC1. The molecule has 0 bridgehead atoms. The van der Waals surface area contributed by atoms with Gasteiger partial charge in [-0.1, -0.05) is 6.07 Å². The Morgan fingerprint density at radius 2 is 2.15 bits per heavy atom. The number of carbonyl (C=O) groups is 2. The molecule has 2 atom stereocenters. The monoisotopic (exact) mass is 388 g/mol. The van der Waals surface area contributed by atoms with Gasteiger partial charge in [0, 0.05) is 18.7 Å². The van der Waals surface area contributed by atoms with E-state index in [1.165, 1.54) is 24.0 Å². The minimum absolute atomic E-state index is 0.0223. The molecule has 2 amide bonds. The molecule has 1 aromatic rings. The Morgan fingerprint density at radius 3 is 2.93 bits per heavy atom. The van der Waals surface area contributed by atoms with Gasteiger partial charge in [-0.15, -0.1) is 11.8 Å². The molecule has 146 valence electrons. The van der Waals surface area contributed by atoms with Crippen molar-refractivity contribution in [2.24, 2.45) is 5.92 Å². The lowest BCUT2D eigenvalue weighted by atomic mass is 9.80. The molecular formula is C21H28N2O3S. The first kappa shape index (κ1) is 18.7. The minimum Gasteiger partial charge on any atom is -0.497 e. The summed E-state index contributed by atoms with van der Waals surface area (Å²) in [5, 5.41) is 3.04. The van der Waals surface area contributed by atoms with Crippen molar-refractivity contribution in [1.82, 2.24) is 10.2 Å². The number of amides is 2. The summed E-state index contributed by atoms with van der Waals surface area (Å²) in [6, 6.07) is 5.90. The topological polar surface area (TPSA) is 58.6 Å². The van der Waals surface area contributed by atoms with Crippen LogP contribution in [-0.4, -0.2) is 48.0 Å². The predicted octanol–water partition coefficient (Wildman–Crippen LogP) is 2.93. The van der Waals surface area contributed by atoms with E-state index < -0.39 is 0 Å². The van der Waals surface area contributed by atoms with Crippen LogP contribution in [0.2, 0.25) is 0 Å². The molecule has 0 spiro atoms. The number of hydrogen-bond donors (Lipinski definition) is 1. The van der Waals surface area contributed by atoms with Crippen LogP contribution in [0.5, 0.6) is 5.75 Å². The molecule has 5 nitrogen and oxygen atoms in total. The predicted molar refractivity (Wildman–Crippen MR) is 107 cm³/mol. The van der Waals surface area contributed by atoms with Crippen LogP contribution >= 0.6 is 11.8 Å². The van der Waals surface area contributed by atoms with E-state index in [9.17, 15) is 9.59 Å². The summed E-state index contributed by atoms with van der Waals surface area (Å²) in [7, 11) is 1.69. The molecule has 6 heteroatoms. The molecule has 0 unspecified atom stereocenters. The molecule has 27 heavy (non-hydrogen) atoms. The van der Waals surface area contributed by atoms with Crippen LogP contribution < -0.4 is 10.1 Å². The molecule has 0 radical (unpaired) electrons. The summed E-state index contributed by atoms with van der Waals surface area (Å²) in [5.74, 6) is 3.25. The lowest BCUT2D eigenvalue weighted by Crippen LogP contribution is -2.48. The van der Waals surface area contributed by atoms with Crippen molar-refractivity contribution in [3.05, 3.63) is 29.3 Å². The van der Waals surface area contributed by atoms with E-state index >= 15 is 0 Å². The zero-order valence-corrected chi connectivity index (χ0v) is 16.7. The number of methoxy groups -OCH3 is 1. The Bertz CT molecular complexity index is 719. The third-order valence-corrected chi connectivity index (χ3v) is 6.99. The molecule has 1 N–H and O–H groups in total. The second kappa shape index (κ2) is 8.13. The number of nitrogens with zero attached hydrogens (tertiary/aromatic N) is 1. The minimum atomic E-state index is -0.305. The van der Waals surface area contributed by atoms with E-state index in [0.29, 0.717) is 24.0 Å². The zero-order chi connectivity index (χ0) is 18.8. The molecule has 0 aromatic heterocycles. The van der Waals surface area contributed by atoms with E-state index in [0.717, 1.165) is 31.6 Å². The van der Waals surface area contributed by atoms with Crippen LogP contribution in [0, 0.1) is 5.92 Å². The smallest absolute Gasteiger partial charge is 0.243 e. The van der Waals surface area contributed by atoms with Crippen molar-refractivity contribution in [3.8, 4) is 5.75 Å². The first-order valence-corrected chi connectivity index (χ1v) is 11.1. The molecule has 3 aliphatic rings. The second-order valence-corrected chi connectivity index (χ2v) is 8.93. The lowest BCUT2D eigenvalue weighted by Gasteiger charge is -2.29. The van der Waals surface area contributed by atoms with Crippen LogP contribution in [0.1, 0.15) is 49.1 Å². The third-order valence-electron chi connectivity index (χ3n) is 5.98. The number of nitrogens with one attached hydrogen (secondary N) is 1. The Balaban J connectivity index is 1.40. The van der Waals surface area contributed by atoms with E-state index in [-0.39, 0.29) is 23.8 Å². The number of aryl methyl sites for hydroxylation is 1. The highest BCUT2D eigenvalue weighted by Gasteiger charge is 2.36. The Labute approximate surface area is 165 Å². The van der Waals surface area contributed by atoms with Gasteiger partial charge in [0.05, 0.1) is 13.0 Å². The van der Waals surface area contributed by atoms with E-state index in [1.807, 2.05) is 6.07 Å². The molecule has 1 aromatic carbocycles. The fraction of sp³-hybridized carbons (Fsp3) is 0.619. The summed E-state index contributed by atoms with van der Waals surface area (Å²) < 4.78 is 5.34. The van der Waals surface area contributed by atoms with Gasteiger partial charge < -0.3 is 15.0 Å². The van der Waals surface area contributed by atoms with Crippen LogP contribution in [0.25, 0.3) is 0 Å². The standard InChI is InChI=1S/C21H28N2O3S/c1-26-17-7-8-18-15(9-17)3-2-4-16(18)10-20(24)23-13-27-12-19(23)21(25)22-11-14-5-6-14/h7-9,14,16,19H,2-6,10-13H2,1H3,(H,22,25)/t16-,19+/m0/s1. The van der Waals surface area contributed by atoms with Gasteiger partial charge in [-0.05, 0) is 67.2 Å². The van der Waals surface area contributed by atoms with Crippen molar-refractivity contribution in [2.75, 3.05) is 25.3 Å². The molecule has 1 heterocycles. The normalized spacial score (nSPS) is 24.4. The Kier molecular flexibility index (Phi) is 5.62. The highest BCUT2D eigenvalue weighted by Crippen LogP contribution is 2.37. The lowest BCUT2D eigenvalue weighted by molar-refractivity contribution is -0.138. The third kappa shape index (κ3) is 4.26. The van der Waals surface area contributed by atoms with Gasteiger partial charge in [0.15, 0.2) is 0 Å². The number of carbonyl (C=O) groups excluding carboxylic acids is 2. The van der Waals surface area contributed by atoms with Crippen molar-refractivity contribution >= 4 is 23.6 Å². The average Bonchev–Trinajstić information content (AvgIpc) is 3.39. The average molecular weight is 389 g/mol. The zero-order valence-electron chi connectivity index (χ0n) is 15.9. The van der Waals surface area contributed by atoms with Gasteiger partial charge in [0.2, 0.25) is 11.8 Å². The summed E-state index contributed by atoms with van der Waals surface area (Å²) in [6.07, 6.45) is 6.10. The molecule has 4 rings (SSSR count). The second-order valence-electron chi connectivity index (χ2n) is 7.93. The summed E-state index contributed by atoms with van der Waals surface area (Å²) in [4.78, 5) is 27.3. The highest BCUT2D eigenvalue weighted by atomic mass is 32.2. The fourth-order valence-electron chi connectivity index (χ4n) is 4.15. The number of thioether (sulfide) groups is 1. The van der Waals surface area contributed by atoms with Crippen molar-refractivity contribution in [3.63, 3.8) is 0 Å². The molecule has 1 aliphatic heterocycles. The van der Waals surface area contributed by atoms with Gasteiger partial charge in [-0.25, -0.2) is 0 Å². The van der Waals surface area contributed by atoms with Gasteiger partial charge in [0.25, 0.3) is 0 Å². The van der Waals surface area contributed by atoms with Crippen molar-refractivity contribution in [1.29, 1.82) is 0 Å².